The molecular weight excluding hydrogens is 330 g/mol. The van der Waals surface area contributed by atoms with E-state index in [1.165, 1.54) is 0 Å². The van der Waals surface area contributed by atoms with E-state index in [0.717, 1.165) is 16.8 Å². The predicted molar refractivity (Wildman–Crippen MR) is 90.4 cm³/mol. The molecule has 1 aromatic carbocycles. The summed E-state index contributed by atoms with van der Waals surface area (Å²) in [7, 11) is 1.55. The summed E-state index contributed by atoms with van der Waals surface area (Å²) in [5.41, 5.74) is 3.04. The summed E-state index contributed by atoms with van der Waals surface area (Å²) in [5.74, 6) is 0.343. The number of benzene rings is 1. The molecule has 3 rings (SSSR count). The van der Waals surface area contributed by atoms with Crippen LogP contribution in [0.1, 0.15) is 47.3 Å². The first-order chi connectivity index (χ1) is 11.5. The third-order valence-electron chi connectivity index (χ3n) is 4.14. The number of carbonyl (C=O) groups excluding carboxylic acids is 1. The van der Waals surface area contributed by atoms with Gasteiger partial charge in [0.05, 0.1) is 30.0 Å². The minimum absolute atomic E-state index is 0.0599. The lowest BCUT2D eigenvalue weighted by molar-refractivity contribution is -0.00697. The molecule has 1 aliphatic rings. The summed E-state index contributed by atoms with van der Waals surface area (Å²) in [5, 5.41) is 10.5. The van der Waals surface area contributed by atoms with Crippen LogP contribution in [0.5, 0.6) is 5.75 Å². The van der Waals surface area contributed by atoms with Crippen molar-refractivity contribution in [1.82, 2.24) is 15.5 Å². The molecule has 6 nitrogen and oxygen atoms in total. The Balaban J connectivity index is 1.76. The van der Waals surface area contributed by atoms with E-state index in [-0.39, 0.29) is 18.1 Å². The fourth-order valence-corrected chi connectivity index (χ4v) is 3.31. The van der Waals surface area contributed by atoms with Crippen molar-refractivity contribution in [1.29, 1.82) is 0 Å². The molecule has 0 radical (unpaired) electrons. The van der Waals surface area contributed by atoms with Crippen LogP contribution in [-0.2, 0) is 17.7 Å². The van der Waals surface area contributed by atoms with Crippen molar-refractivity contribution < 1.29 is 14.3 Å². The molecule has 24 heavy (non-hydrogen) atoms. The number of methoxy groups -OCH3 is 1. The van der Waals surface area contributed by atoms with Gasteiger partial charge in [-0.3, -0.25) is 9.89 Å². The molecule has 2 atom stereocenters. The zero-order chi connectivity index (χ0) is 17.3. The monoisotopic (exact) mass is 349 g/mol. The lowest BCUT2D eigenvalue weighted by Gasteiger charge is -2.25. The van der Waals surface area contributed by atoms with Crippen LogP contribution in [0.3, 0.4) is 0 Å². The second kappa shape index (κ2) is 6.83. The van der Waals surface area contributed by atoms with Crippen molar-refractivity contribution in [3.8, 4) is 5.75 Å². The lowest BCUT2D eigenvalue weighted by Crippen LogP contribution is -2.27. The standard InChI is InChI=1S/C17H20ClN3O3/c1-9-7-12-14(10(2)24-9)20-21-15(12)17(22)19-8-11-5-4-6-13(18)16(11)23-3/h4-6,9-10H,7-8H2,1-3H3,(H,19,22)(H,20,21)/t9-,10+/m0/s1. The number of hydrogen-bond donors (Lipinski definition) is 2. The summed E-state index contributed by atoms with van der Waals surface area (Å²) >= 11 is 6.10. The van der Waals surface area contributed by atoms with Crippen molar-refractivity contribution in [2.24, 2.45) is 0 Å². The maximum Gasteiger partial charge on any atom is 0.272 e. The molecule has 0 saturated heterocycles. The Labute approximate surface area is 145 Å². The number of rotatable bonds is 4. The van der Waals surface area contributed by atoms with E-state index < -0.39 is 0 Å². The van der Waals surface area contributed by atoms with E-state index in [4.69, 9.17) is 21.1 Å². The molecule has 7 heteroatoms. The topological polar surface area (TPSA) is 76.2 Å². The largest absolute Gasteiger partial charge is 0.495 e. The van der Waals surface area contributed by atoms with Gasteiger partial charge in [-0.15, -0.1) is 0 Å². The molecule has 0 unspecified atom stereocenters. The number of ether oxygens (including phenoxy) is 2. The molecular formula is C17H20ClN3O3. The maximum absolute atomic E-state index is 12.5. The summed E-state index contributed by atoms with van der Waals surface area (Å²) < 4.78 is 11.0. The van der Waals surface area contributed by atoms with Gasteiger partial charge in [-0.1, -0.05) is 23.7 Å². The average molecular weight is 350 g/mol. The van der Waals surface area contributed by atoms with Crippen molar-refractivity contribution in [3.63, 3.8) is 0 Å². The number of amides is 1. The highest BCUT2D eigenvalue weighted by atomic mass is 35.5. The highest BCUT2D eigenvalue weighted by molar-refractivity contribution is 6.32. The van der Waals surface area contributed by atoms with Gasteiger partial charge in [-0.2, -0.15) is 5.10 Å². The SMILES string of the molecule is COc1c(Cl)cccc1CNC(=O)c1n[nH]c2c1C[C@H](C)O[C@@H]2C. The van der Waals surface area contributed by atoms with Gasteiger partial charge in [0.15, 0.2) is 5.69 Å². The Morgan fingerprint density at radius 1 is 1.50 bits per heavy atom. The first-order valence-electron chi connectivity index (χ1n) is 7.83. The fourth-order valence-electron chi connectivity index (χ4n) is 3.04. The van der Waals surface area contributed by atoms with Crippen molar-refractivity contribution in [2.45, 2.75) is 39.0 Å². The third-order valence-corrected chi connectivity index (χ3v) is 4.44. The van der Waals surface area contributed by atoms with Crippen molar-refractivity contribution in [2.75, 3.05) is 7.11 Å². The molecule has 0 saturated carbocycles. The second-order valence-electron chi connectivity index (χ2n) is 5.87. The summed E-state index contributed by atoms with van der Waals surface area (Å²) in [6, 6.07) is 5.44. The molecule has 1 aliphatic heterocycles. The smallest absolute Gasteiger partial charge is 0.272 e. The second-order valence-corrected chi connectivity index (χ2v) is 6.28. The fraction of sp³-hybridized carbons (Fsp3) is 0.412. The highest BCUT2D eigenvalue weighted by Crippen LogP contribution is 2.30. The molecule has 128 valence electrons. The number of nitrogens with one attached hydrogen (secondary N) is 2. The molecule has 0 bridgehead atoms. The first-order valence-corrected chi connectivity index (χ1v) is 8.21. The zero-order valence-corrected chi connectivity index (χ0v) is 14.6. The normalized spacial score (nSPS) is 19.7. The number of H-pyrrole nitrogens is 1. The van der Waals surface area contributed by atoms with Crippen LogP contribution in [-0.4, -0.2) is 29.3 Å². The van der Waals surface area contributed by atoms with E-state index in [9.17, 15) is 4.79 Å². The van der Waals surface area contributed by atoms with Crippen LogP contribution in [0, 0.1) is 0 Å². The van der Waals surface area contributed by atoms with Crippen LogP contribution in [0.4, 0.5) is 0 Å². The van der Waals surface area contributed by atoms with Gasteiger partial charge in [0.1, 0.15) is 5.75 Å². The molecule has 2 heterocycles. The van der Waals surface area contributed by atoms with Crippen LogP contribution in [0.25, 0.3) is 0 Å². The molecule has 1 aromatic heterocycles. The van der Waals surface area contributed by atoms with Crippen molar-refractivity contribution >= 4 is 17.5 Å². The van der Waals surface area contributed by atoms with Gasteiger partial charge >= 0.3 is 0 Å². The minimum atomic E-state index is -0.226. The van der Waals surface area contributed by atoms with Gasteiger partial charge in [0.2, 0.25) is 0 Å². The summed E-state index contributed by atoms with van der Waals surface area (Å²) in [4.78, 5) is 12.5. The molecule has 0 aliphatic carbocycles. The van der Waals surface area contributed by atoms with Gasteiger partial charge in [-0.05, 0) is 19.9 Å². The Bertz CT molecular complexity index is 760. The van der Waals surface area contributed by atoms with Gasteiger partial charge in [0, 0.05) is 24.1 Å². The number of carbonyl (C=O) groups is 1. The van der Waals surface area contributed by atoms with Crippen LogP contribution in [0.15, 0.2) is 18.2 Å². The third kappa shape index (κ3) is 3.12. The highest BCUT2D eigenvalue weighted by Gasteiger charge is 2.29. The molecule has 0 spiro atoms. The number of fused-ring (bicyclic) bond motifs is 1. The van der Waals surface area contributed by atoms with Crippen LogP contribution < -0.4 is 10.1 Å². The number of nitrogens with zero attached hydrogens (tertiary/aromatic N) is 1. The van der Waals surface area contributed by atoms with Gasteiger partial charge in [-0.25, -0.2) is 0 Å². The van der Waals surface area contributed by atoms with Gasteiger partial charge in [0.25, 0.3) is 5.91 Å². The Morgan fingerprint density at radius 3 is 3.04 bits per heavy atom. The van der Waals surface area contributed by atoms with Crippen molar-refractivity contribution in [3.05, 3.63) is 45.7 Å². The lowest BCUT2D eigenvalue weighted by atomic mass is 9.99. The van der Waals surface area contributed by atoms with E-state index in [1.54, 1.807) is 13.2 Å². The minimum Gasteiger partial charge on any atom is -0.495 e. The molecule has 0 fully saturated rings. The van der Waals surface area contributed by atoms with E-state index in [2.05, 4.69) is 15.5 Å². The van der Waals surface area contributed by atoms with E-state index in [0.29, 0.717) is 29.4 Å². The summed E-state index contributed by atoms with van der Waals surface area (Å²) in [6.07, 6.45) is 0.634. The Morgan fingerprint density at radius 2 is 2.29 bits per heavy atom. The van der Waals surface area contributed by atoms with Crippen LogP contribution in [0.2, 0.25) is 5.02 Å². The quantitative estimate of drug-likeness (QED) is 0.889. The first kappa shape index (κ1) is 16.8. The number of aromatic amines is 1. The molecule has 2 aromatic rings. The zero-order valence-electron chi connectivity index (χ0n) is 13.9. The van der Waals surface area contributed by atoms with Crippen LogP contribution >= 0.6 is 11.6 Å². The molecule has 1 amide bonds. The number of para-hydroxylation sites is 1. The average Bonchev–Trinajstić information content (AvgIpc) is 2.96. The Hall–Kier alpha value is -2.05. The molecule has 2 N–H and O–H groups in total. The van der Waals surface area contributed by atoms with Gasteiger partial charge < -0.3 is 14.8 Å². The number of halogens is 1. The number of aromatic nitrogens is 2. The predicted octanol–water partition coefficient (Wildman–Crippen LogP) is 3.02. The van der Waals surface area contributed by atoms with E-state index >= 15 is 0 Å². The number of hydrogen-bond acceptors (Lipinski definition) is 4. The van der Waals surface area contributed by atoms with E-state index in [1.807, 2.05) is 26.0 Å². The summed E-state index contributed by atoms with van der Waals surface area (Å²) in [6.45, 7) is 4.25. The maximum atomic E-state index is 12.5. The Kier molecular flexibility index (Phi) is 4.78.